The van der Waals surface area contributed by atoms with Gasteiger partial charge in [-0.05, 0) is 12.1 Å². The summed E-state index contributed by atoms with van der Waals surface area (Å²) in [6, 6.07) is 3.41. The van der Waals surface area contributed by atoms with Gasteiger partial charge in [-0.15, -0.1) is 0 Å². The molecule has 0 saturated carbocycles. The van der Waals surface area contributed by atoms with Crippen molar-refractivity contribution < 1.29 is 23.4 Å². The van der Waals surface area contributed by atoms with Crippen LogP contribution in [-0.4, -0.2) is 76.5 Å². The Labute approximate surface area is 135 Å². The standard InChI is InChI=1S/C15H23N3O5/c1-20-11-12-23-15(17-14(19)13-3-2-8-22-13)16-4-5-18-6-9-21-10-7-18/h2-3,8H,4-7,9-12H2,1H3,(H,16,17,19). The lowest BCUT2D eigenvalue weighted by atomic mass is 10.4. The zero-order chi connectivity index (χ0) is 16.3. The molecular formula is C15H23N3O5. The Morgan fingerprint density at radius 2 is 2.22 bits per heavy atom. The van der Waals surface area contributed by atoms with Crippen LogP contribution < -0.4 is 5.32 Å². The van der Waals surface area contributed by atoms with Crippen molar-refractivity contribution in [2.45, 2.75) is 0 Å². The number of rotatable bonds is 7. The summed E-state index contributed by atoms with van der Waals surface area (Å²) in [6.45, 7) is 5.33. The molecule has 23 heavy (non-hydrogen) atoms. The molecule has 0 atom stereocenters. The molecule has 8 heteroatoms. The maximum absolute atomic E-state index is 12.0. The van der Waals surface area contributed by atoms with Crippen molar-refractivity contribution in [1.29, 1.82) is 0 Å². The first-order chi connectivity index (χ1) is 11.3. The highest BCUT2D eigenvalue weighted by molar-refractivity contribution is 6.02. The number of carbonyl (C=O) groups is 1. The predicted molar refractivity (Wildman–Crippen MR) is 83.6 cm³/mol. The number of aliphatic imine (C=N–C) groups is 1. The van der Waals surface area contributed by atoms with Crippen LogP contribution in [0.1, 0.15) is 10.6 Å². The number of amides is 1. The zero-order valence-corrected chi connectivity index (χ0v) is 13.3. The fraction of sp³-hybridized carbons (Fsp3) is 0.600. The molecule has 2 rings (SSSR count). The number of furan rings is 1. The second-order valence-electron chi connectivity index (χ2n) is 4.91. The van der Waals surface area contributed by atoms with E-state index in [4.69, 9.17) is 18.6 Å². The molecule has 1 N–H and O–H groups in total. The number of hydrogen-bond acceptors (Lipinski definition) is 7. The van der Waals surface area contributed by atoms with Gasteiger partial charge in [-0.3, -0.25) is 15.0 Å². The van der Waals surface area contributed by atoms with Gasteiger partial charge in [0.15, 0.2) is 5.76 Å². The Morgan fingerprint density at radius 3 is 2.91 bits per heavy atom. The molecule has 8 nitrogen and oxygen atoms in total. The number of ether oxygens (including phenoxy) is 3. The smallest absolute Gasteiger partial charge is 0.294 e. The van der Waals surface area contributed by atoms with Crippen molar-refractivity contribution in [1.82, 2.24) is 10.2 Å². The molecule has 0 aliphatic carbocycles. The van der Waals surface area contributed by atoms with Gasteiger partial charge in [0.1, 0.15) is 6.61 Å². The molecule has 128 valence electrons. The predicted octanol–water partition coefficient (Wildman–Crippen LogP) is 0.361. The lowest BCUT2D eigenvalue weighted by Crippen LogP contribution is -2.38. The molecule has 2 heterocycles. The van der Waals surface area contributed by atoms with E-state index >= 15 is 0 Å². The lowest BCUT2D eigenvalue weighted by molar-refractivity contribution is 0.0393. The fourth-order valence-electron chi connectivity index (χ4n) is 2.03. The van der Waals surface area contributed by atoms with E-state index in [1.807, 2.05) is 0 Å². The molecule has 1 aromatic heterocycles. The van der Waals surface area contributed by atoms with E-state index in [2.05, 4.69) is 15.2 Å². The van der Waals surface area contributed by atoms with Gasteiger partial charge in [0, 0.05) is 26.7 Å². The van der Waals surface area contributed by atoms with E-state index in [1.165, 1.54) is 6.26 Å². The van der Waals surface area contributed by atoms with Crippen molar-refractivity contribution in [3.63, 3.8) is 0 Å². The Morgan fingerprint density at radius 1 is 1.39 bits per heavy atom. The van der Waals surface area contributed by atoms with Crippen molar-refractivity contribution in [2.75, 3.05) is 59.7 Å². The molecule has 0 bridgehead atoms. The van der Waals surface area contributed by atoms with Crippen LogP contribution >= 0.6 is 0 Å². The van der Waals surface area contributed by atoms with E-state index in [9.17, 15) is 4.79 Å². The number of morpholine rings is 1. The van der Waals surface area contributed by atoms with Gasteiger partial charge in [0.25, 0.3) is 11.9 Å². The summed E-state index contributed by atoms with van der Waals surface area (Å²) in [4.78, 5) is 18.6. The summed E-state index contributed by atoms with van der Waals surface area (Å²) in [5, 5.41) is 2.61. The Hall–Kier alpha value is -1.90. The molecule has 0 radical (unpaired) electrons. The second kappa shape index (κ2) is 9.98. The monoisotopic (exact) mass is 325 g/mol. The van der Waals surface area contributed by atoms with Crippen LogP contribution in [0.15, 0.2) is 27.8 Å². The van der Waals surface area contributed by atoms with E-state index in [-0.39, 0.29) is 11.8 Å². The summed E-state index contributed by atoms with van der Waals surface area (Å²) in [7, 11) is 1.58. The first-order valence-electron chi connectivity index (χ1n) is 7.60. The SMILES string of the molecule is COCCOC(=NCCN1CCOCC1)NC(=O)c1ccco1. The minimum absolute atomic E-state index is 0.178. The molecule has 0 spiro atoms. The third-order valence-corrected chi connectivity index (χ3v) is 3.27. The third-order valence-electron chi connectivity index (χ3n) is 3.27. The second-order valence-corrected chi connectivity index (χ2v) is 4.91. The quantitative estimate of drug-likeness (QED) is 0.443. The number of nitrogens with one attached hydrogen (secondary N) is 1. The number of hydrogen-bond donors (Lipinski definition) is 1. The number of carbonyl (C=O) groups excluding carboxylic acids is 1. The average Bonchev–Trinajstić information content (AvgIpc) is 3.10. The Kier molecular flexibility index (Phi) is 7.58. The highest BCUT2D eigenvalue weighted by Crippen LogP contribution is 2.00. The van der Waals surface area contributed by atoms with Crippen LogP contribution in [0.2, 0.25) is 0 Å². The van der Waals surface area contributed by atoms with Gasteiger partial charge in [-0.2, -0.15) is 0 Å². The Bertz CT molecular complexity index is 483. The van der Waals surface area contributed by atoms with Crippen LogP contribution in [0, 0.1) is 0 Å². The van der Waals surface area contributed by atoms with Gasteiger partial charge < -0.3 is 18.6 Å². The van der Waals surface area contributed by atoms with Crippen LogP contribution in [0.5, 0.6) is 0 Å². The molecule has 0 unspecified atom stereocenters. The molecule has 1 amide bonds. The molecule has 1 saturated heterocycles. The van der Waals surface area contributed by atoms with E-state index < -0.39 is 5.91 Å². The topological polar surface area (TPSA) is 85.5 Å². The molecule has 1 aliphatic heterocycles. The number of nitrogens with zero attached hydrogens (tertiary/aromatic N) is 2. The average molecular weight is 325 g/mol. The van der Waals surface area contributed by atoms with E-state index in [0.717, 1.165) is 32.8 Å². The van der Waals surface area contributed by atoms with Gasteiger partial charge in [-0.1, -0.05) is 0 Å². The van der Waals surface area contributed by atoms with Crippen LogP contribution in [0.3, 0.4) is 0 Å². The largest absolute Gasteiger partial charge is 0.463 e. The van der Waals surface area contributed by atoms with Crippen LogP contribution in [0.4, 0.5) is 0 Å². The normalized spacial score (nSPS) is 16.3. The summed E-state index contributed by atoms with van der Waals surface area (Å²) < 4.78 is 20.7. The minimum Gasteiger partial charge on any atom is -0.463 e. The minimum atomic E-state index is -0.391. The highest BCUT2D eigenvalue weighted by Gasteiger charge is 2.13. The third kappa shape index (κ3) is 6.39. The van der Waals surface area contributed by atoms with Gasteiger partial charge in [0.05, 0.1) is 32.6 Å². The van der Waals surface area contributed by atoms with E-state index in [0.29, 0.717) is 19.8 Å². The number of methoxy groups -OCH3 is 1. The van der Waals surface area contributed by atoms with Crippen molar-refractivity contribution >= 4 is 11.9 Å². The molecule has 1 aliphatic rings. The molecule has 1 fully saturated rings. The lowest BCUT2D eigenvalue weighted by Gasteiger charge is -2.25. The Balaban J connectivity index is 1.84. The van der Waals surface area contributed by atoms with E-state index in [1.54, 1.807) is 19.2 Å². The van der Waals surface area contributed by atoms with Crippen molar-refractivity contribution in [3.8, 4) is 0 Å². The zero-order valence-electron chi connectivity index (χ0n) is 13.3. The van der Waals surface area contributed by atoms with Crippen molar-refractivity contribution in [3.05, 3.63) is 24.2 Å². The fourth-order valence-corrected chi connectivity index (χ4v) is 2.03. The maximum Gasteiger partial charge on any atom is 0.294 e. The van der Waals surface area contributed by atoms with Crippen LogP contribution in [0.25, 0.3) is 0 Å². The maximum atomic E-state index is 12.0. The first kappa shape index (κ1) is 17.5. The summed E-state index contributed by atoms with van der Waals surface area (Å²) >= 11 is 0. The number of amidine groups is 1. The molecule has 1 aromatic rings. The highest BCUT2D eigenvalue weighted by atomic mass is 16.5. The van der Waals surface area contributed by atoms with Crippen LogP contribution in [-0.2, 0) is 14.2 Å². The molecular weight excluding hydrogens is 302 g/mol. The molecule has 0 aromatic carbocycles. The summed E-state index contributed by atoms with van der Waals surface area (Å²) in [5.41, 5.74) is 0. The van der Waals surface area contributed by atoms with Gasteiger partial charge in [0.2, 0.25) is 0 Å². The summed E-state index contributed by atoms with van der Waals surface area (Å²) in [6.07, 6.45) is 1.44. The first-order valence-corrected chi connectivity index (χ1v) is 7.60. The van der Waals surface area contributed by atoms with Gasteiger partial charge in [-0.25, -0.2) is 4.99 Å². The van der Waals surface area contributed by atoms with Gasteiger partial charge >= 0.3 is 0 Å². The summed E-state index contributed by atoms with van der Waals surface area (Å²) in [5.74, 6) is -0.182. The van der Waals surface area contributed by atoms with Crippen molar-refractivity contribution in [2.24, 2.45) is 4.99 Å².